The van der Waals surface area contributed by atoms with Crippen LogP contribution in [0.15, 0.2) is 36.4 Å². The number of piperidine rings is 1. The fraction of sp³-hybridized carbons (Fsp3) is 0.333. The van der Waals surface area contributed by atoms with Gasteiger partial charge in [0.05, 0.1) is 27.4 Å². The molecule has 160 valence electrons. The van der Waals surface area contributed by atoms with Crippen LogP contribution in [0.2, 0.25) is 0 Å². The number of ketones is 1. The number of para-hydroxylation sites is 1. The zero-order chi connectivity index (χ0) is 22.3. The fourth-order valence-corrected chi connectivity index (χ4v) is 4.21. The van der Waals surface area contributed by atoms with Gasteiger partial charge in [0.1, 0.15) is 16.9 Å². The normalized spacial score (nSPS) is 17.1. The van der Waals surface area contributed by atoms with Crippen molar-refractivity contribution in [1.82, 2.24) is 4.90 Å². The predicted octanol–water partition coefficient (Wildman–Crippen LogP) is 3.45. The number of benzene rings is 2. The molecule has 2 heterocycles. The Morgan fingerprint density at radius 1 is 1.06 bits per heavy atom. The van der Waals surface area contributed by atoms with Gasteiger partial charge in [-0.25, -0.2) is 0 Å². The van der Waals surface area contributed by atoms with Gasteiger partial charge in [0.15, 0.2) is 5.78 Å². The highest BCUT2D eigenvalue weighted by molar-refractivity contribution is 6.00. The molecule has 0 radical (unpaired) electrons. The first-order valence-electron chi connectivity index (χ1n) is 9.75. The van der Waals surface area contributed by atoms with Crippen molar-refractivity contribution in [3.8, 4) is 5.75 Å². The van der Waals surface area contributed by atoms with Gasteiger partial charge in [0.25, 0.3) is 17.3 Å². The summed E-state index contributed by atoms with van der Waals surface area (Å²) in [6.07, 6.45) is 1.04. The summed E-state index contributed by atoms with van der Waals surface area (Å²) in [6.45, 7) is 1.82. The Bertz CT molecular complexity index is 1080. The zero-order valence-corrected chi connectivity index (χ0v) is 16.7. The van der Waals surface area contributed by atoms with E-state index in [0.29, 0.717) is 24.2 Å². The number of fused-ring (bicyclic) bond motifs is 1. The van der Waals surface area contributed by atoms with E-state index in [9.17, 15) is 29.8 Å². The number of amides is 1. The van der Waals surface area contributed by atoms with Crippen molar-refractivity contribution < 1.29 is 24.2 Å². The van der Waals surface area contributed by atoms with E-state index in [1.54, 1.807) is 24.3 Å². The lowest BCUT2D eigenvalue weighted by molar-refractivity contribution is -0.395. The summed E-state index contributed by atoms with van der Waals surface area (Å²) in [7, 11) is 0. The van der Waals surface area contributed by atoms with Crippen LogP contribution in [0.25, 0.3) is 0 Å². The van der Waals surface area contributed by atoms with Gasteiger partial charge >= 0.3 is 0 Å². The molecule has 10 nitrogen and oxygen atoms in total. The molecule has 31 heavy (non-hydrogen) atoms. The van der Waals surface area contributed by atoms with Crippen LogP contribution in [0.3, 0.4) is 0 Å². The molecule has 0 aromatic heterocycles. The molecule has 0 saturated carbocycles. The smallest absolute Gasteiger partial charge is 0.279 e. The minimum absolute atomic E-state index is 0.00795. The monoisotopic (exact) mass is 425 g/mol. The van der Waals surface area contributed by atoms with Crippen LogP contribution >= 0.6 is 0 Å². The summed E-state index contributed by atoms with van der Waals surface area (Å²) in [4.78, 5) is 48.1. The lowest BCUT2D eigenvalue weighted by Crippen LogP contribution is -2.52. The molecule has 0 aliphatic carbocycles. The summed E-state index contributed by atoms with van der Waals surface area (Å²) in [5.74, 6) is -0.00157. The third-order valence-corrected chi connectivity index (χ3v) is 5.95. The van der Waals surface area contributed by atoms with Crippen LogP contribution in [-0.4, -0.2) is 45.1 Å². The number of hydrogen-bond donors (Lipinski definition) is 0. The summed E-state index contributed by atoms with van der Waals surface area (Å²) >= 11 is 0. The minimum Gasteiger partial charge on any atom is -0.486 e. The average Bonchev–Trinajstić information content (AvgIpc) is 2.73. The zero-order valence-electron chi connectivity index (χ0n) is 16.7. The van der Waals surface area contributed by atoms with E-state index in [1.807, 2.05) is 0 Å². The summed E-state index contributed by atoms with van der Waals surface area (Å²) in [5.41, 5.74) is -1.30. The molecule has 10 heteroatoms. The first-order valence-corrected chi connectivity index (χ1v) is 9.75. The third kappa shape index (κ3) is 3.60. The molecule has 2 aromatic carbocycles. The molecule has 1 spiro atoms. The molecule has 2 aliphatic rings. The number of nitro groups is 2. The maximum absolute atomic E-state index is 13.0. The largest absolute Gasteiger partial charge is 0.486 e. The number of ether oxygens (including phenoxy) is 1. The Morgan fingerprint density at radius 2 is 1.65 bits per heavy atom. The SMILES string of the molecule is Cc1c([N+](=O)[O-])cc(C(=O)N2CCC3(CC2)CC(=O)c2ccccc2O3)cc1[N+](=O)[O-]. The number of Topliss-reactive ketones (excluding diaryl/α,β-unsaturated/α-hetero) is 1. The second-order valence-corrected chi connectivity index (χ2v) is 7.83. The summed E-state index contributed by atoms with van der Waals surface area (Å²) < 4.78 is 6.14. The van der Waals surface area contributed by atoms with Crippen molar-refractivity contribution >= 4 is 23.1 Å². The van der Waals surface area contributed by atoms with Crippen molar-refractivity contribution in [3.05, 3.63) is 73.3 Å². The van der Waals surface area contributed by atoms with Crippen molar-refractivity contribution in [1.29, 1.82) is 0 Å². The van der Waals surface area contributed by atoms with Crippen molar-refractivity contribution in [3.63, 3.8) is 0 Å². The van der Waals surface area contributed by atoms with E-state index in [0.717, 1.165) is 12.1 Å². The first kappa shape index (κ1) is 20.5. The molecule has 1 saturated heterocycles. The Morgan fingerprint density at radius 3 is 2.23 bits per heavy atom. The van der Waals surface area contributed by atoms with Gasteiger partial charge < -0.3 is 9.64 Å². The van der Waals surface area contributed by atoms with E-state index in [1.165, 1.54) is 11.8 Å². The van der Waals surface area contributed by atoms with Crippen LogP contribution < -0.4 is 4.74 Å². The van der Waals surface area contributed by atoms with Gasteiger partial charge in [0.2, 0.25) is 0 Å². The number of carbonyl (C=O) groups is 2. The van der Waals surface area contributed by atoms with Gasteiger partial charge in [-0.1, -0.05) is 12.1 Å². The molecule has 0 unspecified atom stereocenters. The molecule has 2 aliphatic heterocycles. The van der Waals surface area contributed by atoms with E-state index in [-0.39, 0.29) is 36.4 Å². The predicted molar refractivity (Wildman–Crippen MR) is 108 cm³/mol. The lowest BCUT2D eigenvalue weighted by atomic mass is 9.82. The number of hydrogen-bond acceptors (Lipinski definition) is 7. The molecular weight excluding hydrogens is 406 g/mol. The average molecular weight is 425 g/mol. The van der Waals surface area contributed by atoms with E-state index in [4.69, 9.17) is 4.74 Å². The van der Waals surface area contributed by atoms with Crippen LogP contribution in [0.4, 0.5) is 11.4 Å². The quantitative estimate of drug-likeness (QED) is 0.543. The Labute approximate surface area is 176 Å². The second-order valence-electron chi connectivity index (χ2n) is 7.83. The van der Waals surface area contributed by atoms with Gasteiger partial charge in [-0.05, 0) is 19.1 Å². The molecular formula is C21H19N3O7. The number of likely N-dealkylation sites (tertiary alicyclic amines) is 1. The Balaban J connectivity index is 1.55. The molecule has 1 amide bonds. The maximum Gasteiger partial charge on any atom is 0.279 e. The van der Waals surface area contributed by atoms with Crippen molar-refractivity contribution in [2.75, 3.05) is 13.1 Å². The van der Waals surface area contributed by atoms with E-state index >= 15 is 0 Å². The molecule has 0 bridgehead atoms. The van der Waals surface area contributed by atoms with E-state index < -0.39 is 32.7 Å². The Kier molecular flexibility index (Phi) is 4.92. The second kappa shape index (κ2) is 7.46. The summed E-state index contributed by atoms with van der Waals surface area (Å²) in [5, 5.41) is 22.6. The van der Waals surface area contributed by atoms with Crippen LogP contribution in [-0.2, 0) is 0 Å². The van der Waals surface area contributed by atoms with Crippen molar-refractivity contribution in [2.45, 2.75) is 31.8 Å². The topological polar surface area (TPSA) is 133 Å². The third-order valence-electron chi connectivity index (χ3n) is 5.95. The van der Waals surface area contributed by atoms with Gasteiger partial charge in [-0.3, -0.25) is 29.8 Å². The number of rotatable bonds is 3. The van der Waals surface area contributed by atoms with Crippen LogP contribution in [0.5, 0.6) is 5.75 Å². The standard InChI is InChI=1S/C21H19N3O7/c1-13-16(23(27)28)10-14(11-17(13)24(29)30)20(26)22-8-6-21(7-9-22)12-18(25)15-4-2-3-5-19(15)31-21/h2-5,10-11H,6-9,12H2,1H3. The molecule has 1 fully saturated rings. The highest BCUT2D eigenvalue weighted by Crippen LogP contribution is 2.39. The molecule has 0 atom stereocenters. The van der Waals surface area contributed by atoms with Crippen LogP contribution in [0.1, 0.15) is 45.5 Å². The van der Waals surface area contributed by atoms with Gasteiger partial charge in [-0.15, -0.1) is 0 Å². The fourth-order valence-electron chi connectivity index (χ4n) is 4.21. The highest BCUT2D eigenvalue weighted by atomic mass is 16.6. The highest BCUT2D eigenvalue weighted by Gasteiger charge is 2.43. The van der Waals surface area contributed by atoms with Gasteiger partial charge in [0, 0.05) is 38.1 Å². The molecule has 2 aromatic rings. The number of carbonyl (C=O) groups excluding carboxylic acids is 2. The minimum atomic E-state index is -0.733. The maximum atomic E-state index is 13.0. The molecule has 4 rings (SSSR count). The number of nitro benzene ring substituents is 2. The summed E-state index contributed by atoms with van der Waals surface area (Å²) in [6, 6.07) is 9.19. The van der Waals surface area contributed by atoms with Crippen molar-refractivity contribution in [2.24, 2.45) is 0 Å². The molecule has 0 N–H and O–H groups in total. The lowest BCUT2D eigenvalue weighted by Gasteiger charge is -2.43. The van der Waals surface area contributed by atoms with Gasteiger partial charge in [-0.2, -0.15) is 0 Å². The Hall–Kier alpha value is -3.82. The first-order chi connectivity index (χ1) is 14.7. The van der Waals surface area contributed by atoms with E-state index in [2.05, 4.69) is 0 Å². The number of nitrogens with zero attached hydrogens (tertiary/aromatic N) is 3. The van der Waals surface area contributed by atoms with Crippen LogP contribution in [0, 0.1) is 27.2 Å².